The fraction of sp³-hybridized carbons (Fsp3) is 0.333. The summed E-state index contributed by atoms with van der Waals surface area (Å²) in [5.41, 5.74) is 1.76. The van der Waals surface area contributed by atoms with Crippen LogP contribution in [0.25, 0.3) is 0 Å². The van der Waals surface area contributed by atoms with Crippen molar-refractivity contribution < 1.29 is 14.4 Å². The van der Waals surface area contributed by atoms with Crippen LogP contribution in [0.5, 0.6) is 0 Å². The second-order valence-electron chi connectivity index (χ2n) is 7.03. The topological polar surface area (TPSA) is 79.4 Å². The molecule has 0 unspecified atom stereocenters. The number of pyridine rings is 1. The molecule has 0 spiro atoms. The summed E-state index contributed by atoms with van der Waals surface area (Å²) in [4.78, 5) is 42.6. The summed E-state index contributed by atoms with van der Waals surface area (Å²) >= 11 is 0. The van der Waals surface area contributed by atoms with Gasteiger partial charge >= 0.3 is 0 Å². The minimum Gasteiger partial charge on any atom is -0.339 e. The highest BCUT2D eigenvalue weighted by Crippen LogP contribution is 2.19. The summed E-state index contributed by atoms with van der Waals surface area (Å²) in [6, 6.07) is 8.30. The summed E-state index contributed by atoms with van der Waals surface area (Å²) in [5, 5.41) is 2.75. The number of piperidine rings is 1. The molecule has 140 valence electrons. The highest BCUT2D eigenvalue weighted by atomic mass is 16.2. The molecule has 1 saturated heterocycles. The van der Waals surface area contributed by atoms with E-state index >= 15 is 0 Å². The number of rotatable bonds is 4. The van der Waals surface area contributed by atoms with Crippen molar-refractivity contribution in [3.8, 4) is 0 Å². The van der Waals surface area contributed by atoms with Crippen molar-refractivity contribution >= 4 is 23.3 Å². The molecule has 1 N–H and O–H groups in total. The van der Waals surface area contributed by atoms with Gasteiger partial charge in [0, 0.05) is 36.7 Å². The van der Waals surface area contributed by atoms with E-state index < -0.39 is 0 Å². The number of ketones is 1. The predicted molar refractivity (Wildman–Crippen MR) is 103 cm³/mol. The number of nitrogens with one attached hydrogen (secondary N) is 1. The number of hydrogen-bond donors (Lipinski definition) is 1. The maximum Gasteiger partial charge on any atom is 0.257 e. The van der Waals surface area contributed by atoms with Crippen LogP contribution in [0.1, 0.15) is 57.8 Å². The maximum absolute atomic E-state index is 12.7. The Morgan fingerprint density at radius 2 is 1.74 bits per heavy atom. The monoisotopic (exact) mass is 365 g/mol. The lowest BCUT2D eigenvalue weighted by molar-refractivity contribution is 0.0696. The number of carbonyl (C=O) groups is 3. The van der Waals surface area contributed by atoms with Crippen molar-refractivity contribution in [2.24, 2.45) is 5.92 Å². The number of Topliss-reactive ketones (excluding diaryl/α,β-unsaturated/α-hetero) is 1. The average molecular weight is 365 g/mol. The molecular weight excluding hydrogens is 342 g/mol. The van der Waals surface area contributed by atoms with Crippen LogP contribution in [0.3, 0.4) is 0 Å². The van der Waals surface area contributed by atoms with Crippen LogP contribution in [-0.2, 0) is 0 Å². The van der Waals surface area contributed by atoms with Crippen molar-refractivity contribution in [1.29, 1.82) is 0 Å². The van der Waals surface area contributed by atoms with Crippen LogP contribution < -0.4 is 5.32 Å². The van der Waals surface area contributed by atoms with Gasteiger partial charge in [0.2, 0.25) is 0 Å². The first kappa shape index (κ1) is 18.8. The Hall–Kier alpha value is -3.02. The van der Waals surface area contributed by atoms with Gasteiger partial charge in [0.15, 0.2) is 5.78 Å². The van der Waals surface area contributed by atoms with Gasteiger partial charge in [0.1, 0.15) is 0 Å². The Bertz CT molecular complexity index is 870. The van der Waals surface area contributed by atoms with Crippen LogP contribution >= 0.6 is 0 Å². The predicted octanol–water partition coefficient (Wildman–Crippen LogP) is 3.41. The van der Waals surface area contributed by atoms with E-state index in [9.17, 15) is 14.4 Å². The lowest BCUT2D eigenvalue weighted by Gasteiger charge is -2.30. The van der Waals surface area contributed by atoms with E-state index in [4.69, 9.17) is 0 Å². The fourth-order valence-corrected chi connectivity index (χ4v) is 3.09. The van der Waals surface area contributed by atoms with Gasteiger partial charge in [0.25, 0.3) is 11.8 Å². The zero-order valence-electron chi connectivity index (χ0n) is 15.6. The van der Waals surface area contributed by atoms with Gasteiger partial charge in [-0.05, 0) is 43.9 Å². The summed E-state index contributed by atoms with van der Waals surface area (Å²) < 4.78 is 0. The molecule has 0 atom stereocenters. The quantitative estimate of drug-likeness (QED) is 0.842. The third-order valence-electron chi connectivity index (χ3n) is 4.85. The molecule has 1 aliphatic heterocycles. The van der Waals surface area contributed by atoms with Crippen molar-refractivity contribution in [1.82, 2.24) is 9.88 Å². The van der Waals surface area contributed by atoms with Gasteiger partial charge in [-0.25, -0.2) is 0 Å². The molecule has 6 nitrogen and oxygen atoms in total. The first-order valence-corrected chi connectivity index (χ1v) is 9.10. The largest absolute Gasteiger partial charge is 0.339 e. The Kier molecular flexibility index (Phi) is 5.64. The first-order valence-electron chi connectivity index (χ1n) is 9.10. The highest BCUT2D eigenvalue weighted by molar-refractivity contribution is 6.06. The van der Waals surface area contributed by atoms with E-state index in [1.165, 1.54) is 19.3 Å². The van der Waals surface area contributed by atoms with E-state index in [2.05, 4.69) is 17.2 Å². The smallest absolute Gasteiger partial charge is 0.257 e. The molecule has 1 fully saturated rings. The number of carbonyl (C=O) groups excluding carboxylic acids is 3. The Morgan fingerprint density at radius 3 is 2.44 bits per heavy atom. The molecule has 1 aromatic carbocycles. The Morgan fingerprint density at radius 1 is 1.04 bits per heavy atom. The van der Waals surface area contributed by atoms with Gasteiger partial charge in [-0.2, -0.15) is 0 Å². The summed E-state index contributed by atoms with van der Waals surface area (Å²) in [6.07, 6.45) is 4.91. The highest BCUT2D eigenvalue weighted by Gasteiger charge is 2.22. The van der Waals surface area contributed by atoms with E-state index in [0.29, 0.717) is 28.3 Å². The maximum atomic E-state index is 12.7. The van der Waals surface area contributed by atoms with Crippen LogP contribution in [0.2, 0.25) is 0 Å². The first-order chi connectivity index (χ1) is 12.9. The number of anilines is 1. The van der Waals surface area contributed by atoms with Crippen LogP contribution in [-0.4, -0.2) is 40.6 Å². The second-order valence-corrected chi connectivity index (χ2v) is 7.03. The van der Waals surface area contributed by atoms with Gasteiger partial charge < -0.3 is 10.2 Å². The minimum absolute atomic E-state index is 0.0730. The van der Waals surface area contributed by atoms with E-state index in [1.807, 2.05) is 4.90 Å². The minimum atomic E-state index is -0.370. The average Bonchev–Trinajstić information content (AvgIpc) is 2.68. The SMILES string of the molecule is CC(=O)c1cccc(NC(=O)c2cncc(C(=O)N3CCC(C)CC3)c2)c1. The molecule has 0 saturated carbocycles. The zero-order valence-corrected chi connectivity index (χ0v) is 15.6. The van der Waals surface area contributed by atoms with Gasteiger partial charge in [-0.1, -0.05) is 19.1 Å². The summed E-state index contributed by atoms with van der Waals surface area (Å²) in [5.74, 6) is 0.0963. The van der Waals surface area contributed by atoms with Crippen molar-refractivity contribution in [3.05, 3.63) is 59.4 Å². The van der Waals surface area contributed by atoms with Crippen molar-refractivity contribution in [2.45, 2.75) is 26.7 Å². The van der Waals surface area contributed by atoms with Crippen molar-refractivity contribution in [3.63, 3.8) is 0 Å². The lowest BCUT2D eigenvalue weighted by Crippen LogP contribution is -2.38. The molecule has 2 amide bonds. The lowest BCUT2D eigenvalue weighted by atomic mass is 9.98. The van der Waals surface area contributed by atoms with Crippen LogP contribution in [0.4, 0.5) is 5.69 Å². The molecule has 0 aliphatic carbocycles. The third-order valence-corrected chi connectivity index (χ3v) is 4.85. The molecule has 0 radical (unpaired) electrons. The van der Waals surface area contributed by atoms with Gasteiger partial charge in [-0.15, -0.1) is 0 Å². The number of benzene rings is 1. The number of aromatic nitrogens is 1. The Labute approximate surface area is 158 Å². The normalized spacial score (nSPS) is 14.7. The van der Waals surface area contributed by atoms with E-state index in [1.54, 1.807) is 30.3 Å². The number of hydrogen-bond acceptors (Lipinski definition) is 4. The number of likely N-dealkylation sites (tertiary alicyclic amines) is 1. The molecule has 3 rings (SSSR count). The molecule has 27 heavy (non-hydrogen) atoms. The summed E-state index contributed by atoms with van der Waals surface area (Å²) in [6.45, 7) is 5.12. The molecule has 1 aliphatic rings. The molecule has 6 heteroatoms. The molecular formula is C21H23N3O3. The standard InChI is InChI=1S/C21H23N3O3/c1-14-6-8-24(9-7-14)21(27)18-10-17(12-22-13-18)20(26)23-19-5-3-4-16(11-19)15(2)25/h3-5,10-14H,6-9H2,1-2H3,(H,23,26). The number of amides is 2. The third kappa shape index (κ3) is 4.58. The van der Waals surface area contributed by atoms with E-state index in [-0.39, 0.29) is 17.6 Å². The van der Waals surface area contributed by atoms with Crippen molar-refractivity contribution in [2.75, 3.05) is 18.4 Å². The molecule has 2 heterocycles. The molecule has 0 bridgehead atoms. The Balaban J connectivity index is 1.73. The van der Waals surface area contributed by atoms with Crippen LogP contribution in [0, 0.1) is 5.92 Å². The van der Waals surface area contributed by atoms with Crippen LogP contribution in [0.15, 0.2) is 42.7 Å². The molecule has 2 aromatic rings. The van der Waals surface area contributed by atoms with Gasteiger partial charge in [-0.3, -0.25) is 19.4 Å². The van der Waals surface area contributed by atoms with E-state index in [0.717, 1.165) is 25.9 Å². The number of nitrogens with zero attached hydrogens (tertiary/aromatic N) is 2. The zero-order chi connectivity index (χ0) is 19.4. The molecule has 1 aromatic heterocycles. The fourth-order valence-electron chi connectivity index (χ4n) is 3.09. The van der Waals surface area contributed by atoms with Gasteiger partial charge in [0.05, 0.1) is 11.1 Å². The second kappa shape index (κ2) is 8.12. The summed E-state index contributed by atoms with van der Waals surface area (Å²) in [7, 11) is 0.